The number of rotatable bonds is 6. The van der Waals surface area contributed by atoms with Gasteiger partial charge in [0.2, 0.25) is 5.91 Å². The van der Waals surface area contributed by atoms with Gasteiger partial charge in [-0.3, -0.25) is 14.6 Å². The number of hydrogen-bond acceptors (Lipinski definition) is 5. The Kier molecular flexibility index (Phi) is 6.17. The summed E-state index contributed by atoms with van der Waals surface area (Å²) in [5, 5.41) is 2.88. The van der Waals surface area contributed by atoms with Crippen molar-refractivity contribution < 1.29 is 19.1 Å². The molecule has 7 heteroatoms. The summed E-state index contributed by atoms with van der Waals surface area (Å²) in [6.07, 6.45) is 3.47. The van der Waals surface area contributed by atoms with Gasteiger partial charge in [0.05, 0.1) is 14.2 Å². The second-order valence-corrected chi connectivity index (χ2v) is 8.53. The smallest absolute Gasteiger partial charge is 0.275 e. The van der Waals surface area contributed by atoms with Crippen molar-refractivity contribution in [3.05, 3.63) is 54.1 Å². The predicted molar refractivity (Wildman–Crippen MR) is 123 cm³/mol. The average Bonchev–Trinajstić information content (AvgIpc) is 3.07. The lowest BCUT2D eigenvalue weighted by molar-refractivity contribution is -0.134. The Morgan fingerprint density at radius 1 is 1.09 bits per heavy atom. The number of aliphatic imine (C=N–C) groups is 1. The van der Waals surface area contributed by atoms with Gasteiger partial charge in [-0.05, 0) is 31.6 Å². The third kappa shape index (κ3) is 4.33. The summed E-state index contributed by atoms with van der Waals surface area (Å²) in [6.45, 7) is 2.16. The number of ether oxygens (including phenoxy) is 2. The summed E-state index contributed by atoms with van der Waals surface area (Å²) in [5.41, 5.74) is 1.12. The monoisotopic (exact) mass is 435 g/mol. The van der Waals surface area contributed by atoms with Crippen LogP contribution in [0.2, 0.25) is 0 Å². The number of hydrogen-bond donors (Lipinski definition) is 1. The number of carbonyl (C=O) groups is 2. The van der Waals surface area contributed by atoms with E-state index in [1.54, 1.807) is 37.3 Å². The first-order valence-corrected chi connectivity index (χ1v) is 10.9. The second-order valence-electron chi connectivity index (χ2n) is 8.53. The maximum atomic E-state index is 13.4. The van der Waals surface area contributed by atoms with Crippen molar-refractivity contribution in [2.75, 3.05) is 26.1 Å². The lowest BCUT2D eigenvalue weighted by Gasteiger charge is -2.40. The summed E-state index contributed by atoms with van der Waals surface area (Å²) in [5.74, 6) is 1.26. The van der Waals surface area contributed by atoms with E-state index >= 15 is 0 Å². The number of benzene rings is 2. The van der Waals surface area contributed by atoms with Gasteiger partial charge in [-0.15, -0.1) is 0 Å². The van der Waals surface area contributed by atoms with Gasteiger partial charge >= 0.3 is 0 Å². The zero-order valence-electron chi connectivity index (χ0n) is 18.8. The molecule has 2 aromatic rings. The summed E-state index contributed by atoms with van der Waals surface area (Å²) in [7, 11) is 3.11. The summed E-state index contributed by atoms with van der Waals surface area (Å²) in [4.78, 5) is 33.0. The molecule has 32 heavy (non-hydrogen) atoms. The number of methoxy groups -OCH3 is 2. The molecule has 4 rings (SSSR count). The zero-order valence-corrected chi connectivity index (χ0v) is 18.8. The van der Waals surface area contributed by atoms with Gasteiger partial charge in [0.1, 0.15) is 29.4 Å². The highest BCUT2D eigenvalue weighted by molar-refractivity contribution is 6.47. The highest BCUT2D eigenvalue weighted by Gasteiger charge is 2.49. The van der Waals surface area contributed by atoms with Crippen molar-refractivity contribution in [3.8, 4) is 11.5 Å². The average molecular weight is 436 g/mol. The minimum Gasteiger partial charge on any atom is -0.497 e. The number of nitrogens with zero attached hydrogens (tertiary/aromatic N) is 2. The maximum Gasteiger partial charge on any atom is 0.275 e. The Labute approximate surface area is 188 Å². The number of nitrogens with one attached hydrogen (secondary N) is 1. The minimum absolute atomic E-state index is 0.0629. The van der Waals surface area contributed by atoms with Crippen LogP contribution in [-0.2, 0) is 9.59 Å². The van der Waals surface area contributed by atoms with E-state index in [-0.39, 0.29) is 18.4 Å². The molecule has 7 nitrogen and oxygen atoms in total. The van der Waals surface area contributed by atoms with Crippen LogP contribution in [0.3, 0.4) is 0 Å². The van der Waals surface area contributed by atoms with Crippen molar-refractivity contribution in [2.24, 2.45) is 10.9 Å². The maximum absolute atomic E-state index is 13.4. The molecule has 0 aromatic heterocycles. The van der Waals surface area contributed by atoms with Crippen LogP contribution in [-0.4, -0.2) is 48.9 Å². The van der Waals surface area contributed by atoms with Gasteiger partial charge in [-0.25, -0.2) is 0 Å². The highest BCUT2D eigenvalue weighted by atomic mass is 16.5. The SMILES string of the molecule is COc1cc(NC(=O)CN2C(=O)C(c3ccccc3)=NC23CCC(C)CC3)cc(OC)c1. The van der Waals surface area contributed by atoms with Gasteiger partial charge in [-0.1, -0.05) is 37.3 Å². The lowest BCUT2D eigenvalue weighted by Crippen LogP contribution is -2.51. The van der Waals surface area contributed by atoms with Crippen LogP contribution in [0, 0.1) is 5.92 Å². The van der Waals surface area contributed by atoms with Crippen molar-refractivity contribution >= 4 is 23.2 Å². The Bertz CT molecular complexity index is 1000. The van der Waals surface area contributed by atoms with E-state index in [0.717, 1.165) is 31.2 Å². The highest BCUT2D eigenvalue weighted by Crippen LogP contribution is 2.41. The van der Waals surface area contributed by atoms with E-state index in [1.165, 1.54) is 0 Å². The van der Waals surface area contributed by atoms with Crippen molar-refractivity contribution in [1.82, 2.24) is 4.90 Å². The molecule has 1 N–H and O–H groups in total. The molecule has 2 aromatic carbocycles. The molecule has 2 amide bonds. The Hall–Kier alpha value is -3.35. The molecule has 2 aliphatic rings. The van der Waals surface area contributed by atoms with E-state index in [4.69, 9.17) is 14.5 Å². The van der Waals surface area contributed by atoms with E-state index in [0.29, 0.717) is 28.8 Å². The third-order valence-electron chi connectivity index (χ3n) is 6.33. The molecule has 1 saturated carbocycles. The van der Waals surface area contributed by atoms with Crippen LogP contribution >= 0.6 is 0 Å². The standard InChI is InChI=1S/C25H29N3O4/c1-17-9-11-25(12-10-17)27-23(18-7-5-4-6-8-18)24(30)28(25)16-22(29)26-19-13-20(31-2)15-21(14-19)32-3/h4-8,13-15,17H,9-12,16H2,1-3H3,(H,26,29). The normalized spacial score (nSPS) is 22.6. The van der Waals surface area contributed by atoms with E-state index in [9.17, 15) is 9.59 Å². The van der Waals surface area contributed by atoms with Gasteiger partial charge in [0.15, 0.2) is 0 Å². The van der Waals surface area contributed by atoms with Crippen molar-refractivity contribution in [1.29, 1.82) is 0 Å². The Morgan fingerprint density at radius 3 is 2.31 bits per heavy atom. The molecule has 1 aliphatic heterocycles. The first-order chi connectivity index (χ1) is 15.4. The van der Waals surface area contributed by atoms with Gasteiger partial charge in [0.25, 0.3) is 5.91 Å². The topological polar surface area (TPSA) is 80.2 Å². The largest absolute Gasteiger partial charge is 0.497 e. The lowest BCUT2D eigenvalue weighted by atomic mass is 9.82. The first kappa shape index (κ1) is 21.9. The quantitative estimate of drug-likeness (QED) is 0.747. The number of carbonyl (C=O) groups excluding carboxylic acids is 2. The van der Waals surface area contributed by atoms with Crippen LogP contribution in [0.5, 0.6) is 11.5 Å². The molecular formula is C25H29N3O4. The summed E-state index contributed by atoms with van der Waals surface area (Å²) >= 11 is 0. The molecule has 1 heterocycles. The number of anilines is 1. The van der Waals surface area contributed by atoms with Crippen LogP contribution in [0.15, 0.2) is 53.5 Å². The summed E-state index contributed by atoms with van der Waals surface area (Å²) < 4.78 is 10.6. The van der Waals surface area contributed by atoms with Crippen LogP contribution in [0.25, 0.3) is 0 Å². The Balaban J connectivity index is 1.57. The minimum atomic E-state index is -0.655. The molecule has 1 spiro atoms. The predicted octanol–water partition coefficient (Wildman–Crippen LogP) is 3.88. The van der Waals surface area contributed by atoms with E-state index in [2.05, 4.69) is 12.2 Å². The van der Waals surface area contributed by atoms with Gasteiger partial charge in [0, 0.05) is 29.4 Å². The molecule has 0 atom stereocenters. The van der Waals surface area contributed by atoms with E-state index in [1.807, 2.05) is 30.3 Å². The molecular weight excluding hydrogens is 406 g/mol. The van der Waals surface area contributed by atoms with Crippen LogP contribution < -0.4 is 14.8 Å². The first-order valence-electron chi connectivity index (χ1n) is 10.9. The zero-order chi connectivity index (χ0) is 22.7. The molecule has 0 unspecified atom stereocenters. The molecule has 168 valence electrons. The van der Waals surface area contributed by atoms with Crippen LogP contribution in [0.4, 0.5) is 5.69 Å². The Morgan fingerprint density at radius 2 is 1.72 bits per heavy atom. The molecule has 1 aliphatic carbocycles. The van der Waals surface area contributed by atoms with Crippen molar-refractivity contribution in [3.63, 3.8) is 0 Å². The molecule has 0 bridgehead atoms. The van der Waals surface area contributed by atoms with Crippen molar-refractivity contribution in [2.45, 2.75) is 38.3 Å². The van der Waals surface area contributed by atoms with Crippen LogP contribution in [0.1, 0.15) is 38.2 Å². The summed E-state index contributed by atoms with van der Waals surface area (Å²) in [6, 6.07) is 14.7. The second kappa shape index (κ2) is 9.02. The molecule has 0 saturated heterocycles. The molecule has 0 radical (unpaired) electrons. The fourth-order valence-electron chi connectivity index (χ4n) is 4.47. The van der Waals surface area contributed by atoms with E-state index < -0.39 is 5.66 Å². The third-order valence-corrected chi connectivity index (χ3v) is 6.33. The fraction of sp³-hybridized carbons (Fsp3) is 0.400. The van der Waals surface area contributed by atoms with Gasteiger partial charge < -0.3 is 19.7 Å². The van der Waals surface area contributed by atoms with Gasteiger partial charge in [-0.2, -0.15) is 0 Å². The fourth-order valence-corrected chi connectivity index (χ4v) is 4.47. The number of amides is 2. The molecule has 1 fully saturated rings.